The van der Waals surface area contributed by atoms with Gasteiger partial charge in [-0.05, 0) is 43.8 Å². The molecule has 1 rings (SSSR count). The van der Waals surface area contributed by atoms with Crippen molar-refractivity contribution in [2.24, 2.45) is 5.73 Å². The van der Waals surface area contributed by atoms with Gasteiger partial charge in [0.05, 0.1) is 0 Å². The maximum Gasteiger partial charge on any atom is 0.123 e. The monoisotopic (exact) mass is 268 g/mol. The molecule has 0 bridgehead atoms. The molecule has 0 aliphatic carbocycles. The van der Waals surface area contributed by atoms with Gasteiger partial charge in [-0.1, -0.05) is 32.0 Å². The van der Waals surface area contributed by atoms with Gasteiger partial charge in [0.2, 0.25) is 0 Å². The van der Waals surface area contributed by atoms with Gasteiger partial charge in [0, 0.05) is 12.1 Å². The summed E-state index contributed by atoms with van der Waals surface area (Å²) in [5, 5.41) is 0. The average molecular weight is 268 g/mol. The smallest absolute Gasteiger partial charge is 0.123 e. The summed E-state index contributed by atoms with van der Waals surface area (Å²) in [6, 6.07) is 4.58. The van der Waals surface area contributed by atoms with Crippen molar-refractivity contribution in [2.75, 3.05) is 13.6 Å². The Hall–Kier alpha value is -1.00. The summed E-state index contributed by atoms with van der Waals surface area (Å²) < 4.78 is 13.3. The number of thiocarbonyl (C=S) groups is 1. The summed E-state index contributed by atoms with van der Waals surface area (Å²) >= 11 is 4.99. The van der Waals surface area contributed by atoms with Crippen LogP contribution in [0.25, 0.3) is 0 Å². The third-order valence-corrected chi connectivity index (χ3v) is 3.14. The minimum Gasteiger partial charge on any atom is -0.389 e. The first-order valence-corrected chi connectivity index (χ1v) is 6.72. The number of halogens is 1. The first-order valence-electron chi connectivity index (χ1n) is 6.31. The van der Waals surface area contributed by atoms with Crippen molar-refractivity contribution in [1.29, 1.82) is 0 Å². The Kier molecular flexibility index (Phi) is 6.22. The van der Waals surface area contributed by atoms with E-state index in [2.05, 4.69) is 11.8 Å². The highest BCUT2D eigenvalue weighted by Gasteiger charge is 2.09. The van der Waals surface area contributed by atoms with E-state index in [1.165, 1.54) is 25.0 Å². The zero-order chi connectivity index (χ0) is 13.5. The highest BCUT2D eigenvalue weighted by atomic mass is 32.1. The lowest BCUT2D eigenvalue weighted by molar-refractivity contribution is 0.317. The van der Waals surface area contributed by atoms with Crippen LogP contribution in [0.5, 0.6) is 0 Å². The van der Waals surface area contributed by atoms with E-state index in [9.17, 15) is 4.39 Å². The molecule has 0 fully saturated rings. The van der Waals surface area contributed by atoms with Crippen molar-refractivity contribution in [3.63, 3.8) is 0 Å². The van der Waals surface area contributed by atoms with E-state index >= 15 is 0 Å². The molecular weight excluding hydrogens is 247 g/mol. The SMILES string of the molecule is CCCCCN(C)Cc1cc(F)ccc1C(N)=S. The Bertz CT molecular complexity index is 407. The van der Waals surface area contributed by atoms with Gasteiger partial charge >= 0.3 is 0 Å². The average Bonchev–Trinajstić information content (AvgIpc) is 2.29. The van der Waals surface area contributed by atoms with Crippen molar-refractivity contribution in [2.45, 2.75) is 32.7 Å². The van der Waals surface area contributed by atoms with Crippen LogP contribution in [0, 0.1) is 5.82 Å². The Morgan fingerprint density at radius 2 is 2.11 bits per heavy atom. The Morgan fingerprint density at radius 1 is 1.39 bits per heavy atom. The number of hydrogen-bond acceptors (Lipinski definition) is 2. The Morgan fingerprint density at radius 3 is 2.72 bits per heavy atom. The van der Waals surface area contributed by atoms with Crippen LogP contribution in [0.2, 0.25) is 0 Å². The van der Waals surface area contributed by atoms with Crippen LogP contribution in [0.4, 0.5) is 4.39 Å². The third kappa shape index (κ3) is 4.70. The van der Waals surface area contributed by atoms with E-state index in [-0.39, 0.29) is 5.82 Å². The van der Waals surface area contributed by atoms with Gasteiger partial charge in [0.15, 0.2) is 0 Å². The molecule has 0 heterocycles. The van der Waals surface area contributed by atoms with E-state index in [4.69, 9.17) is 18.0 Å². The van der Waals surface area contributed by atoms with Gasteiger partial charge < -0.3 is 10.6 Å². The number of nitrogens with zero attached hydrogens (tertiary/aromatic N) is 1. The summed E-state index contributed by atoms with van der Waals surface area (Å²) in [6.07, 6.45) is 3.58. The molecule has 0 saturated carbocycles. The fourth-order valence-electron chi connectivity index (χ4n) is 1.94. The fourth-order valence-corrected chi connectivity index (χ4v) is 2.13. The maximum atomic E-state index is 13.3. The minimum absolute atomic E-state index is 0.244. The van der Waals surface area contributed by atoms with E-state index < -0.39 is 0 Å². The van der Waals surface area contributed by atoms with Crippen LogP contribution in [0.15, 0.2) is 18.2 Å². The summed E-state index contributed by atoms with van der Waals surface area (Å²) in [6.45, 7) is 3.85. The molecule has 1 aromatic carbocycles. The van der Waals surface area contributed by atoms with Crippen LogP contribution in [-0.4, -0.2) is 23.5 Å². The standard InChI is InChI=1S/C14H21FN2S/c1-3-4-5-8-17(2)10-11-9-12(15)6-7-13(11)14(16)18/h6-7,9H,3-5,8,10H2,1-2H3,(H2,16,18). The molecule has 0 radical (unpaired) electrons. The van der Waals surface area contributed by atoms with Crippen molar-refractivity contribution in [1.82, 2.24) is 4.90 Å². The number of hydrogen-bond donors (Lipinski definition) is 1. The van der Waals surface area contributed by atoms with Gasteiger partial charge in [-0.3, -0.25) is 0 Å². The molecular formula is C14H21FN2S. The highest BCUT2D eigenvalue weighted by molar-refractivity contribution is 7.80. The molecule has 0 aliphatic heterocycles. The second-order valence-electron chi connectivity index (χ2n) is 4.61. The molecule has 18 heavy (non-hydrogen) atoms. The fraction of sp³-hybridized carbons (Fsp3) is 0.500. The largest absolute Gasteiger partial charge is 0.389 e. The van der Waals surface area contributed by atoms with Crippen molar-refractivity contribution in [3.8, 4) is 0 Å². The summed E-state index contributed by atoms with van der Waals surface area (Å²) in [7, 11) is 2.03. The lowest BCUT2D eigenvalue weighted by Crippen LogP contribution is -2.22. The number of unbranched alkanes of at least 4 members (excludes halogenated alkanes) is 2. The molecule has 0 atom stereocenters. The van der Waals surface area contributed by atoms with Gasteiger partial charge in [-0.15, -0.1) is 0 Å². The van der Waals surface area contributed by atoms with Crippen molar-refractivity contribution in [3.05, 3.63) is 35.1 Å². The molecule has 4 heteroatoms. The van der Waals surface area contributed by atoms with Gasteiger partial charge in [-0.25, -0.2) is 4.39 Å². The molecule has 0 aliphatic rings. The molecule has 0 saturated heterocycles. The van der Waals surface area contributed by atoms with Crippen LogP contribution in [0.3, 0.4) is 0 Å². The minimum atomic E-state index is -0.244. The van der Waals surface area contributed by atoms with Crippen molar-refractivity contribution < 1.29 is 4.39 Å². The number of benzene rings is 1. The van der Waals surface area contributed by atoms with Crippen LogP contribution >= 0.6 is 12.2 Å². The molecule has 0 amide bonds. The topological polar surface area (TPSA) is 29.3 Å². The normalized spacial score (nSPS) is 10.9. The van der Waals surface area contributed by atoms with Gasteiger partial charge in [-0.2, -0.15) is 0 Å². The summed E-state index contributed by atoms with van der Waals surface area (Å²) in [4.78, 5) is 2.50. The first kappa shape index (κ1) is 15.1. The van der Waals surface area contributed by atoms with E-state index in [0.717, 1.165) is 24.1 Å². The molecule has 1 aromatic rings. The van der Waals surface area contributed by atoms with E-state index in [1.807, 2.05) is 7.05 Å². The molecule has 0 unspecified atom stereocenters. The van der Waals surface area contributed by atoms with E-state index in [0.29, 0.717) is 11.5 Å². The van der Waals surface area contributed by atoms with Crippen molar-refractivity contribution >= 4 is 17.2 Å². The molecule has 100 valence electrons. The zero-order valence-corrected chi connectivity index (χ0v) is 11.9. The highest BCUT2D eigenvalue weighted by Crippen LogP contribution is 2.14. The molecule has 2 N–H and O–H groups in total. The predicted octanol–water partition coefficient (Wildman–Crippen LogP) is 3.08. The van der Waals surface area contributed by atoms with Crippen LogP contribution < -0.4 is 5.73 Å². The van der Waals surface area contributed by atoms with Crippen LogP contribution in [-0.2, 0) is 6.54 Å². The second-order valence-corrected chi connectivity index (χ2v) is 5.05. The first-order chi connectivity index (χ1) is 8.54. The number of nitrogens with two attached hydrogens (primary N) is 1. The summed E-state index contributed by atoms with van der Waals surface area (Å²) in [5.41, 5.74) is 7.29. The predicted molar refractivity (Wildman–Crippen MR) is 78.1 cm³/mol. The third-order valence-electron chi connectivity index (χ3n) is 2.92. The molecule has 0 aromatic heterocycles. The lowest BCUT2D eigenvalue weighted by atomic mass is 10.1. The molecule has 0 spiro atoms. The zero-order valence-electron chi connectivity index (χ0n) is 11.1. The maximum absolute atomic E-state index is 13.3. The quantitative estimate of drug-likeness (QED) is 0.608. The molecule has 2 nitrogen and oxygen atoms in total. The van der Waals surface area contributed by atoms with Gasteiger partial charge in [0.25, 0.3) is 0 Å². The Balaban J connectivity index is 2.70. The summed E-state index contributed by atoms with van der Waals surface area (Å²) in [5.74, 6) is -0.244. The Labute approximate surface area is 114 Å². The second kappa shape index (κ2) is 7.44. The number of rotatable bonds is 7. The lowest BCUT2D eigenvalue weighted by Gasteiger charge is -2.18. The van der Waals surface area contributed by atoms with Gasteiger partial charge in [0.1, 0.15) is 10.8 Å². The van der Waals surface area contributed by atoms with Crippen LogP contribution in [0.1, 0.15) is 37.3 Å². The van der Waals surface area contributed by atoms with E-state index in [1.54, 1.807) is 6.07 Å².